The van der Waals surface area contributed by atoms with Crippen LogP contribution in [0, 0.1) is 0 Å². The van der Waals surface area contributed by atoms with Crippen molar-refractivity contribution in [2.75, 3.05) is 26.2 Å². The van der Waals surface area contributed by atoms with Crippen molar-refractivity contribution in [1.29, 1.82) is 0 Å². The second-order valence-corrected chi connectivity index (χ2v) is 7.50. The molecule has 1 saturated heterocycles. The number of likely N-dealkylation sites (tertiary alicyclic amines) is 1. The third-order valence-corrected chi connectivity index (χ3v) is 5.52. The average Bonchev–Trinajstić information content (AvgIpc) is 3.26. The van der Waals surface area contributed by atoms with Crippen molar-refractivity contribution in [3.63, 3.8) is 0 Å². The minimum absolute atomic E-state index is 0.713. The van der Waals surface area contributed by atoms with Crippen molar-refractivity contribution in [2.45, 2.75) is 25.7 Å². The topological polar surface area (TPSA) is 68.4 Å². The quantitative estimate of drug-likeness (QED) is 0.470. The van der Waals surface area contributed by atoms with Gasteiger partial charge in [-0.3, -0.25) is 4.98 Å². The molecule has 0 aliphatic carbocycles. The lowest BCUT2D eigenvalue weighted by Crippen LogP contribution is -2.31. The van der Waals surface area contributed by atoms with Crippen molar-refractivity contribution in [3.05, 3.63) is 49.1 Å². The summed E-state index contributed by atoms with van der Waals surface area (Å²) in [4.78, 5) is 6.78. The number of hydrogen-bond acceptors (Lipinski definition) is 6. The molecular formula is C22H24N6O. The van der Waals surface area contributed by atoms with E-state index in [1.807, 2.05) is 24.4 Å². The van der Waals surface area contributed by atoms with Gasteiger partial charge >= 0.3 is 0 Å². The first-order valence-corrected chi connectivity index (χ1v) is 10.3. The van der Waals surface area contributed by atoms with Gasteiger partial charge in [-0.15, -0.1) is 10.2 Å². The third kappa shape index (κ3) is 3.78. The van der Waals surface area contributed by atoms with Gasteiger partial charge in [0.05, 0.1) is 12.3 Å². The minimum Gasteiger partial charge on any atom is -0.494 e. The maximum Gasteiger partial charge on any atom is 0.186 e. The predicted molar refractivity (Wildman–Crippen MR) is 112 cm³/mol. The van der Waals surface area contributed by atoms with Gasteiger partial charge in [0.1, 0.15) is 12.1 Å². The number of hydrogen-bond donors (Lipinski definition) is 0. The second-order valence-electron chi connectivity index (χ2n) is 7.50. The molecule has 7 nitrogen and oxygen atoms in total. The molecule has 3 aromatic heterocycles. The number of fused-ring (bicyclic) bond motifs is 3. The summed E-state index contributed by atoms with van der Waals surface area (Å²) in [5.41, 5.74) is 2.62. The summed E-state index contributed by atoms with van der Waals surface area (Å²) in [5, 5.41) is 14.8. The normalized spacial score (nSPS) is 15.2. The average molecular weight is 388 g/mol. The number of piperidine rings is 1. The van der Waals surface area contributed by atoms with Gasteiger partial charge < -0.3 is 9.64 Å². The monoisotopic (exact) mass is 388 g/mol. The summed E-state index contributed by atoms with van der Waals surface area (Å²) in [5.74, 6) is 0.892. The zero-order valence-electron chi connectivity index (χ0n) is 16.4. The summed E-state index contributed by atoms with van der Waals surface area (Å²) in [6.45, 7) is 4.35. The molecule has 5 rings (SSSR count). The number of rotatable bonds is 6. The smallest absolute Gasteiger partial charge is 0.186 e. The van der Waals surface area contributed by atoms with Gasteiger partial charge in [-0.25, -0.2) is 0 Å². The Bertz CT molecular complexity index is 1100. The Labute approximate surface area is 169 Å². The van der Waals surface area contributed by atoms with E-state index < -0.39 is 0 Å². The van der Waals surface area contributed by atoms with E-state index in [4.69, 9.17) is 9.84 Å². The van der Waals surface area contributed by atoms with Gasteiger partial charge in [0.25, 0.3) is 0 Å². The van der Waals surface area contributed by atoms with E-state index in [-0.39, 0.29) is 0 Å². The van der Waals surface area contributed by atoms with E-state index in [1.54, 1.807) is 17.0 Å². The van der Waals surface area contributed by atoms with Crippen LogP contribution in [0.1, 0.15) is 25.7 Å². The van der Waals surface area contributed by atoms with Gasteiger partial charge in [-0.1, -0.05) is 6.42 Å². The van der Waals surface area contributed by atoms with E-state index in [0.717, 1.165) is 47.4 Å². The van der Waals surface area contributed by atoms with Crippen molar-refractivity contribution >= 4 is 16.4 Å². The maximum absolute atomic E-state index is 5.95. The molecule has 4 aromatic rings. The third-order valence-electron chi connectivity index (χ3n) is 5.52. The highest BCUT2D eigenvalue weighted by Gasteiger charge is 2.12. The second kappa shape index (κ2) is 8.13. The Hall–Kier alpha value is -3.06. The Kier molecular flexibility index (Phi) is 5.04. The van der Waals surface area contributed by atoms with E-state index >= 15 is 0 Å². The molecule has 29 heavy (non-hydrogen) atoms. The molecule has 4 heterocycles. The van der Waals surface area contributed by atoms with Crippen LogP contribution in [0.3, 0.4) is 0 Å². The zero-order chi connectivity index (χ0) is 19.5. The van der Waals surface area contributed by atoms with Gasteiger partial charge in [-0.05, 0) is 62.7 Å². The lowest BCUT2D eigenvalue weighted by Gasteiger charge is -2.26. The molecular weight excluding hydrogens is 364 g/mol. The molecule has 0 spiro atoms. The lowest BCUT2D eigenvalue weighted by atomic mass is 10.1. The molecule has 0 amide bonds. The molecule has 0 N–H and O–H groups in total. The predicted octanol–water partition coefficient (Wildman–Crippen LogP) is 3.59. The summed E-state index contributed by atoms with van der Waals surface area (Å²) in [6.07, 6.45) is 10.3. The maximum atomic E-state index is 5.95. The van der Waals surface area contributed by atoms with Crippen LogP contribution in [-0.2, 0) is 0 Å². The number of ether oxygens (including phenoxy) is 1. The fourth-order valence-electron chi connectivity index (χ4n) is 4.00. The van der Waals surface area contributed by atoms with E-state index in [9.17, 15) is 0 Å². The summed E-state index contributed by atoms with van der Waals surface area (Å²) in [7, 11) is 0. The summed E-state index contributed by atoms with van der Waals surface area (Å²) < 4.78 is 7.65. The van der Waals surface area contributed by atoms with E-state index in [0.29, 0.717) is 5.65 Å². The Morgan fingerprint density at radius 1 is 0.966 bits per heavy atom. The van der Waals surface area contributed by atoms with Crippen molar-refractivity contribution in [2.24, 2.45) is 0 Å². The molecule has 0 atom stereocenters. The highest BCUT2D eigenvalue weighted by Crippen LogP contribution is 2.29. The molecule has 1 aliphatic rings. The minimum atomic E-state index is 0.713. The van der Waals surface area contributed by atoms with Crippen molar-refractivity contribution in [3.8, 4) is 17.0 Å². The molecule has 148 valence electrons. The number of nitrogens with zero attached hydrogens (tertiary/aromatic N) is 6. The van der Waals surface area contributed by atoms with Crippen LogP contribution in [0.15, 0.2) is 49.1 Å². The van der Waals surface area contributed by atoms with Crippen LogP contribution in [0.4, 0.5) is 0 Å². The Balaban J connectivity index is 1.30. The molecule has 1 aromatic carbocycles. The van der Waals surface area contributed by atoms with Crippen LogP contribution < -0.4 is 4.74 Å². The number of benzene rings is 1. The van der Waals surface area contributed by atoms with Crippen LogP contribution in [-0.4, -0.2) is 55.9 Å². The molecule has 1 aliphatic heterocycles. The zero-order valence-corrected chi connectivity index (χ0v) is 16.4. The molecule has 7 heteroatoms. The summed E-state index contributed by atoms with van der Waals surface area (Å²) in [6, 6.07) is 10.1. The molecule has 0 bridgehead atoms. The highest BCUT2D eigenvalue weighted by atomic mass is 16.5. The highest BCUT2D eigenvalue weighted by molar-refractivity contribution is 6.00. The molecule has 0 radical (unpaired) electrons. The van der Waals surface area contributed by atoms with Crippen LogP contribution in [0.5, 0.6) is 5.75 Å². The molecule has 1 fully saturated rings. The standard InChI is InChI=1S/C22H24N6O/c1-2-11-27(12-3-1)13-4-14-29-18-7-5-17(6-8-18)21-19-9-10-23-15-20(19)22-25-24-16-28(22)26-21/h5-10,15-16H,1-4,11-14H2. The largest absolute Gasteiger partial charge is 0.494 e. The number of pyridine rings is 1. The van der Waals surface area contributed by atoms with Crippen molar-refractivity contribution in [1.82, 2.24) is 29.7 Å². The fourth-order valence-corrected chi connectivity index (χ4v) is 4.00. The van der Waals surface area contributed by atoms with Crippen LogP contribution in [0.2, 0.25) is 0 Å². The first-order chi connectivity index (χ1) is 14.4. The van der Waals surface area contributed by atoms with Gasteiger partial charge in [0.15, 0.2) is 5.65 Å². The van der Waals surface area contributed by atoms with Gasteiger partial charge in [-0.2, -0.15) is 9.61 Å². The fraction of sp³-hybridized carbons (Fsp3) is 0.364. The van der Waals surface area contributed by atoms with Crippen LogP contribution in [0.25, 0.3) is 27.7 Å². The molecule has 0 saturated carbocycles. The first-order valence-electron chi connectivity index (χ1n) is 10.3. The number of aromatic nitrogens is 5. The van der Waals surface area contributed by atoms with E-state index in [1.165, 1.54) is 32.4 Å². The molecule has 0 unspecified atom stereocenters. The van der Waals surface area contributed by atoms with Crippen molar-refractivity contribution < 1.29 is 4.74 Å². The first kappa shape index (κ1) is 18.0. The van der Waals surface area contributed by atoms with Gasteiger partial charge in [0.2, 0.25) is 0 Å². The SMILES string of the molecule is c1cc2c(-c3ccc(OCCCN4CCCCC4)cc3)nn3cnnc3c2cn1. The van der Waals surface area contributed by atoms with Crippen LogP contribution >= 0.6 is 0 Å². The Morgan fingerprint density at radius 3 is 2.69 bits per heavy atom. The lowest BCUT2D eigenvalue weighted by molar-refractivity contribution is 0.205. The van der Waals surface area contributed by atoms with E-state index in [2.05, 4.69) is 32.2 Å². The Morgan fingerprint density at radius 2 is 1.83 bits per heavy atom. The summed E-state index contributed by atoms with van der Waals surface area (Å²) >= 11 is 0. The van der Waals surface area contributed by atoms with Gasteiger partial charge in [0, 0.05) is 35.3 Å².